The SMILES string of the molecule is CCOc1cc(OCCOC(C)=O)cc([C@H](Nc2ccc(C(=N)N)cc2)c2nn(-c3ncccn3)c(=O)[nH]2)c1. The Kier molecular flexibility index (Phi) is 8.51. The van der Waals surface area contributed by atoms with Gasteiger partial charge in [0.25, 0.3) is 5.95 Å². The van der Waals surface area contributed by atoms with Crippen LogP contribution in [0.2, 0.25) is 0 Å². The first-order valence-electron chi connectivity index (χ1n) is 12.1. The van der Waals surface area contributed by atoms with E-state index in [1.54, 1.807) is 48.5 Å². The highest BCUT2D eigenvalue weighted by Crippen LogP contribution is 2.31. The fraction of sp³-hybridized carbons (Fsp3) is 0.231. The van der Waals surface area contributed by atoms with Crippen LogP contribution < -0.4 is 26.2 Å². The molecule has 5 N–H and O–H groups in total. The van der Waals surface area contributed by atoms with Gasteiger partial charge in [0, 0.05) is 36.6 Å². The van der Waals surface area contributed by atoms with Gasteiger partial charge in [-0.3, -0.25) is 15.2 Å². The number of carbonyl (C=O) groups is 1. The van der Waals surface area contributed by atoms with Gasteiger partial charge >= 0.3 is 11.7 Å². The van der Waals surface area contributed by atoms with Gasteiger partial charge in [-0.2, -0.15) is 0 Å². The number of rotatable bonds is 12. The molecule has 13 heteroatoms. The molecule has 0 aliphatic carbocycles. The van der Waals surface area contributed by atoms with E-state index in [4.69, 9.17) is 25.4 Å². The molecule has 2 aromatic heterocycles. The summed E-state index contributed by atoms with van der Waals surface area (Å²) in [5.74, 6) is 0.947. The smallest absolute Gasteiger partial charge is 0.350 e. The molecule has 0 aliphatic rings. The van der Waals surface area contributed by atoms with E-state index in [1.807, 2.05) is 6.92 Å². The number of aromatic amines is 1. The number of hydrogen-bond donors (Lipinski definition) is 4. The number of nitrogen functional groups attached to an aromatic ring is 1. The van der Waals surface area contributed by atoms with Gasteiger partial charge in [0.2, 0.25) is 0 Å². The molecular weight excluding hydrogens is 504 g/mol. The van der Waals surface area contributed by atoms with Gasteiger partial charge in [0.15, 0.2) is 5.82 Å². The largest absolute Gasteiger partial charge is 0.494 e. The van der Waals surface area contributed by atoms with Crippen molar-refractivity contribution in [3.63, 3.8) is 0 Å². The number of anilines is 1. The number of carbonyl (C=O) groups excluding carboxylic acids is 1. The third-order valence-corrected chi connectivity index (χ3v) is 5.36. The molecule has 202 valence electrons. The molecule has 0 unspecified atom stereocenters. The summed E-state index contributed by atoms with van der Waals surface area (Å²) < 4.78 is 17.6. The lowest BCUT2D eigenvalue weighted by atomic mass is 10.0. The monoisotopic (exact) mass is 532 g/mol. The fourth-order valence-electron chi connectivity index (χ4n) is 3.67. The second-order valence-corrected chi connectivity index (χ2v) is 8.20. The van der Waals surface area contributed by atoms with Crippen LogP contribution in [-0.2, 0) is 9.53 Å². The average molecular weight is 533 g/mol. The van der Waals surface area contributed by atoms with Gasteiger partial charge in [-0.15, -0.1) is 9.78 Å². The number of ether oxygens (including phenoxy) is 3. The predicted octanol–water partition coefficient (Wildman–Crippen LogP) is 2.18. The molecule has 0 spiro atoms. The zero-order valence-corrected chi connectivity index (χ0v) is 21.4. The maximum absolute atomic E-state index is 12.8. The number of benzene rings is 2. The minimum atomic E-state index is -0.679. The number of nitrogens with zero attached hydrogens (tertiary/aromatic N) is 4. The highest BCUT2D eigenvalue weighted by Gasteiger charge is 2.23. The van der Waals surface area contributed by atoms with Crippen LogP contribution in [0.1, 0.15) is 36.8 Å². The first-order chi connectivity index (χ1) is 18.8. The molecular formula is C26H28N8O5. The summed E-state index contributed by atoms with van der Waals surface area (Å²) in [5, 5.41) is 15.5. The highest BCUT2D eigenvalue weighted by molar-refractivity contribution is 5.95. The Labute approximate surface area is 223 Å². The van der Waals surface area contributed by atoms with Crippen molar-refractivity contribution in [1.29, 1.82) is 5.41 Å². The second-order valence-electron chi connectivity index (χ2n) is 8.20. The van der Waals surface area contributed by atoms with Crippen molar-refractivity contribution in [3.05, 3.63) is 88.4 Å². The number of nitrogens with one attached hydrogen (secondary N) is 3. The Morgan fingerprint density at radius 2 is 1.79 bits per heavy atom. The van der Waals surface area contributed by atoms with Crippen LogP contribution in [0.3, 0.4) is 0 Å². The van der Waals surface area contributed by atoms with E-state index in [9.17, 15) is 9.59 Å². The molecule has 2 heterocycles. The molecule has 0 bridgehead atoms. The Bertz CT molecular complexity index is 1480. The summed E-state index contributed by atoms with van der Waals surface area (Å²) in [4.78, 5) is 34.9. The van der Waals surface area contributed by atoms with Crippen LogP contribution in [0.25, 0.3) is 5.95 Å². The van der Waals surface area contributed by atoms with E-state index in [-0.39, 0.29) is 30.8 Å². The lowest BCUT2D eigenvalue weighted by molar-refractivity contribution is -0.141. The molecule has 0 saturated carbocycles. The minimum Gasteiger partial charge on any atom is -0.494 e. The number of esters is 1. The number of H-pyrrole nitrogens is 1. The van der Waals surface area contributed by atoms with Crippen LogP contribution in [-0.4, -0.2) is 56.4 Å². The number of aromatic nitrogens is 5. The first kappa shape index (κ1) is 26.9. The van der Waals surface area contributed by atoms with Crippen LogP contribution in [0.4, 0.5) is 5.69 Å². The van der Waals surface area contributed by atoms with Crippen LogP contribution in [0.5, 0.6) is 11.5 Å². The summed E-state index contributed by atoms with van der Waals surface area (Å²) in [6, 6.07) is 13.2. The molecule has 0 aliphatic heterocycles. The van der Waals surface area contributed by atoms with Crippen molar-refractivity contribution in [2.45, 2.75) is 19.9 Å². The molecule has 39 heavy (non-hydrogen) atoms. The van der Waals surface area contributed by atoms with Gasteiger partial charge in [-0.1, -0.05) is 0 Å². The minimum absolute atomic E-state index is 0.0519. The number of amidine groups is 1. The summed E-state index contributed by atoms with van der Waals surface area (Å²) in [6.07, 6.45) is 3.03. The normalized spacial score (nSPS) is 11.4. The van der Waals surface area contributed by atoms with Crippen molar-refractivity contribution >= 4 is 17.5 Å². The first-order valence-corrected chi connectivity index (χ1v) is 12.1. The number of nitrogens with two attached hydrogens (primary N) is 1. The Morgan fingerprint density at radius 1 is 1.10 bits per heavy atom. The lowest BCUT2D eigenvalue weighted by Crippen LogP contribution is -2.18. The zero-order chi connectivity index (χ0) is 27.8. The summed E-state index contributed by atoms with van der Waals surface area (Å²) in [7, 11) is 0. The molecule has 0 fully saturated rings. The van der Waals surface area contributed by atoms with Crippen LogP contribution >= 0.6 is 0 Å². The molecule has 4 rings (SSSR count). The summed E-state index contributed by atoms with van der Waals surface area (Å²) in [5.41, 5.74) is 6.98. The maximum atomic E-state index is 12.8. The molecule has 2 aromatic carbocycles. The average Bonchev–Trinajstić information content (AvgIpc) is 3.31. The molecule has 1 atom stereocenters. The molecule has 0 saturated heterocycles. The predicted molar refractivity (Wildman–Crippen MR) is 142 cm³/mol. The van der Waals surface area contributed by atoms with E-state index in [0.29, 0.717) is 34.9 Å². The molecule has 13 nitrogen and oxygen atoms in total. The van der Waals surface area contributed by atoms with Gasteiger partial charge in [-0.05, 0) is 55.0 Å². The summed E-state index contributed by atoms with van der Waals surface area (Å²) >= 11 is 0. The van der Waals surface area contributed by atoms with E-state index in [2.05, 4.69) is 25.4 Å². The third-order valence-electron chi connectivity index (χ3n) is 5.36. The number of hydrogen-bond acceptors (Lipinski definition) is 10. The molecule has 0 amide bonds. The van der Waals surface area contributed by atoms with E-state index in [1.165, 1.54) is 19.3 Å². The van der Waals surface area contributed by atoms with Crippen molar-refractivity contribution in [1.82, 2.24) is 24.7 Å². The van der Waals surface area contributed by atoms with Gasteiger partial charge in [0.05, 0.1) is 6.61 Å². The van der Waals surface area contributed by atoms with Gasteiger partial charge < -0.3 is 25.3 Å². The lowest BCUT2D eigenvalue weighted by Gasteiger charge is -2.20. The van der Waals surface area contributed by atoms with E-state index in [0.717, 1.165) is 4.68 Å². The molecule has 4 aromatic rings. The van der Waals surface area contributed by atoms with Gasteiger partial charge in [0.1, 0.15) is 36.6 Å². The standard InChI is InChI=1S/C26H28N8O5/c1-3-37-20-13-18(14-21(15-20)39-12-11-38-16(2)35)22(31-19-7-5-17(6-8-19)23(27)28)24-32-26(36)34(33-24)25-29-9-4-10-30-25/h4-10,13-15,22,31H,3,11-12H2,1-2H3,(H3,27,28)(H,32,33,36)/t22-/m0/s1. The highest BCUT2D eigenvalue weighted by atomic mass is 16.6. The van der Waals surface area contributed by atoms with Crippen molar-refractivity contribution in [2.24, 2.45) is 5.73 Å². The van der Waals surface area contributed by atoms with Crippen LogP contribution in [0.15, 0.2) is 65.7 Å². The summed E-state index contributed by atoms with van der Waals surface area (Å²) in [6.45, 7) is 3.82. The second kappa shape index (κ2) is 12.4. The van der Waals surface area contributed by atoms with Gasteiger partial charge in [-0.25, -0.2) is 14.8 Å². The maximum Gasteiger partial charge on any atom is 0.350 e. The van der Waals surface area contributed by atoms with Crippen LogP contribution in [0, 0.1) is 5.41 Å². The Balaban J connectivity index is 1.74. The van der Waals surface area contributed by atoms with Crippen molar-refractivity contribution < 1.29 is 19.0 Å². The van der Waals surface area contributed by atoms with Crippen molar-refractivity contribution in [2.75, 3.05) is 25.1 Å². The Morgan fingerprint density at radius 3 is 2.44 bits per heavy atom. The molecule has 0 radical (unpaired) electrons. The fourth-order valence-corrected chi connectivity index (χ4v) is 3.67. The Hall–Kier alpha value is -5.20. The zero-order valence-electron chi connectivity index (χ0n) is 21.4. The van der Waals surface area contributed by atoms with Crippen molar-refractivity contribution in [3.8, 4) is 17.4 Å². The van der Waals surface area contributed by atoms with E-state index < -0.39 is 17.7 Å². The quantitative estimate of drug-likeness (QED) is 0.0913. The van der Waals surface area contributed by atoms with E-state index >= 15 is 0 Å². The third kappa shape index (κ3) is 6.97. The topological polar surface area (TPSA) is 183 Å².